The van der Waals surface area contributed by atoms with Gasteiger partial charge in [-0.05, 0) is 19.9 Å². The molecular formula is C10H19F3N2O2. The Balaban J connectivity index is 4.28. The number of halogens is 3. The Bertz CT molecular complexity index is 254. The Labute approximate surface area is 98.9 Å². The Kier molecular flexibility index (Phi) is 5.91. The van der Waals surface area contributed by atoms with Crippen LogP contribution in [0.3, 0.4) is 0 Å². The molecule has 7 heteroatoms. The zero-order chi connectivity index (χ0) is 13.7. The van der Waals surface area contributed by atoms with E-state index in [1.165, 1.54) is 18.9 Å². The van der Waals surface area contributed by atoms with Crippen LogP contribution in [0.5, 0.6) is 0 Å². The Morgan fingerprint density at radius 1 is 1.41 bits per heavy atom. The van der Waals surface area contributed by atoms with Crippen LogP contribution in [0.2, 0.25) is 0 Å². The quantitative estimate of drug-likeness (QED) is 0.724. The summed E-state index contributed by atoms with van der Waals surface area (Å²) in [5.41, 5.74) is 4.40. The van der Waals surface area contributed by atoms with E-state index in [0.29, 0.717) is 0 Å². The molecule has 102 valence electrons. The van der Waals surface area contributed by atoms with Crippen molar-refractivity contribution in [1.82, 2.24) is 4.90 Å². The number of nitrogens with zero attached hydrogens (tertiary/aromatic N) is 1. The first-order valence-electron chi connectivity index (χ1n) is 5.29. The molecule has 4 nitrogen and oxygen atoms in total. The molecular weight excluding hydrogens is 237 g/mol. The van der Waals surface area contributed by atoms with Crippen molar-refractivity contribution in [1.29, 1.82) is 0 Å². The van der Waals surface area contributed by atoms with Crippen molar-refractivity contribution in [3.05, 3.63) is 0 Å². The van der Waals surface area contributed by atoms with Gasteiger partial charge in [-0.25, -0.2) is 0 Å². The molecule has 2 N–H and O–H groups in total. The number of carbonyl (C=O) groups is 1. The second kappa shape index (κ2) is 6.20. The lowest BCUT2D eigenvalue weighted by Crippen LogP contribution is -2.48. The van der Waals surface area contributed by atoms with Crippen molar-refractivity contribution < 1.29 is 22.7 Å². The van der Waals surface area contributed by atoms with Gasteiger partial charge in [0, 0.05) is 6.54 Å². The second-order valence-electron chi connectivity index (χ2n) is 4.14. The molecule has 0 radical (unpaired) electrons. The van der Waals surface area contributed by atoms with Crippen LogP contribution in [0.15, 0.2) is 0 Å². The average molecular weight is 256 g/mol. The topological polar surface area (TPSA) is 55.6 Å². The Hall–Kier alpha value is -0.820. The molecule has 1 atom stereocenters. The number of hydrogen-bond acceptors (Lipinski definition) is 4. The lowest BCUT2D eigenvalue weighted by molar-refractivity contribution is -0.149. The number of ether oxygens (including phenoxy) is 1. The van der Waals surface area contributed by atoms with Gasteiger partial charge in [0.05, 0.1) is 13.7 Å². The highest BCUT2D eigenvalue weighted by molar-refractivity contribution is 5.79. The first-order chi connectivity index (χ1) is 7.62. The molecule has 0 aromatic heterocycles. The van der Waals surface area contributed by atoms with Gasteiger partial charge in [0.2, 0.25) is 0 Å². The van der Waals surface area contributed by atoms with E-state index in [9.17, 15) is 18.0 Å². The third-order valence-corrected chi connectivity index (χ3v) is 2.45. The number of nitrogens with two attached hydrogens (primary N) is 1. The number of carbonyl (C=O) groups excluding carboxylic acids is 1. The van der Waals surface area contributed by atoms with Crippen molar-refractivity contribution in [2.45, 2.75) is 32.0 Å². The van der Waals surface area contributed by atoms with Crippen LogP contribution in [-0.4, -0.2) is 49.3 Å². The molecule has 0 aromatic carbocycles. The summed E-state index contributed by atoms with van der Waals surface area (Å²) in [5.74, 6) is -0.624. The largest absolute Gasteiger partial charge is 0.468 e. The van der Waals surface area contributed by atoms with Crippen LogP contribution >= 0.6 is 0 Å². The van der Waals surface area contributed by atoms with Gasteiger partial charge in [-0.15, -0.1) is 0 Å². The molecule has 0 aliphatic carbocycles. The predicted octanol–water partition coefficient (Wildman–Crippen LogP) is 1.15. The molecule has 0 aliphatic rings. The lowest BCUT2D eigenvalue weighted by Gasteiger charge is -2.27. The minimum atomic E-state index is -4.24. The molecule has 0 rings (SSSR count). The summed E-state index contributed by atoms with van der Waals surface area (Å²) < 4.78 is 41.0. The maximum Gasteiger partial charge on any atom is 0.401 e. The van der Waals surface area contributed by atoms with Gasteiger partial charge in [0.1, 0.15) is 5.54 Å². The maximum absolute atomic E-state index is 12.2. The number of hydrogen-bond donors (Lipinski definition) is 1. The maximum atomic E-state index is 12.2. The third kappa shape index (κ3) is 6.48. The molecule has 0 saturated heterocycles. The van der Waals surface area contributed by atoms with Crippen molar-refractivity contribution in [3.8, 4) is 0 Å². The van der Waals surface area contributed by atoms with Crippen LogP contribution in [0, 0.1) is 0 Å². The monoisotopic (exact) mass is 256 g/mol. The molecule has 0 amide bonds. The van der Waals surface area contributed by atoms with E-state index in [2.05, 4.69) is 4.74 Å². The number of rotatable bonds is 6. The van der Waals surface area contributed by atoms with Gasteiger partial charge >= 0.3 is 12.1 Å². The first-order valence-corrected chi connectivity index (χ1v) is 5.29. The normalized spacial score (nSPS) is 15.8. The zero-order valence-corrected chi connectivity index (χ0v) is 10.3. The Morgan fingerprint density at radius 2 is 1.94 bits per heavy atom. The molecule has 0 aromatic rings. The fourth-order valence-corrected chi connectivity index (χ4v) is 1.33. The van der Waals surface area contributed by atoms with E-state index in [1.54, 1.807) is 6.92 Å². The van der Waals surface area contributed by atoms with Gasteiger partial charge in [0.25, 0.3) is 0 Å². The van der Waals surface area contributed by atoms with Crippen molar-refractivity contribution in [2.24, 2.45) is 5.73 Å². The van der Waals surface area contributed by atoms with Crippen LogP contribution in [0.25, 0.3) is 0 Å². The summed E-state index contributed by atoms with van der Waals surface area (Å²) in [6.07, 6.45) is -4.13. The highest BCUT2D eigenvalue weighted by Crippen LogP contribution is 2.17. The van der Waals surface area contributed by atoms with Crippen LogP contribution < -0.4 is 5.73 Å². The van der Waals surface area contributed by atoms with Crippen LogP contribution in [0.1, 0.15) is 20.3 Å². The van der Waals surface area contributed by atoms with Crippen molar-refractivity contribution in [2.75, 3.05) is 26.7 Å². The van der Waals surface area contributed by atoms with Gasteiger partial charge in [-0.2, -0.15) is 13.2 Å². The molecule has 0 fully saturated rings. The number of alkyl halides is 3. The van der Waals surface area contributed by atoms with Gasteiger partial charge in [0.15, 0.2) is 0 Å². The smallest absolute Gasteiger partial charge is 0.401 e. The Morgan fingerprint density at radius 3 is 2.29 bits per heavy atom. The summed E-state index contributed by atoms with van der Waals surface area (Å²) in [7, 11) is 1.20. The van der Waals surface area contributed by atoms with E-state index in [0.717, 1.165) is 0 Å². The third-order valence-electron chi connectivity index (χ3n) is 2.45. The minimum Gasteiger partial charge on any atom is -0.468 e. The predicted molar refractivity (Wildman–Crippen MR) is 57.4 cm³/mol. The summed E-state index contributed by atoms with van der Waals surface area (Å²) in [6.45, 7) is 2.41. The van der Waals surface area contributed by atoms with E-state index < -0.39 is 24.2 Å². The van der Waals surface area contributed by atoms with Gasteiger partial charge in [-0.1, -0.05) is 6.92 Å². The summed E-state index contributed by atoms with van der Waals surface area (Å²) in [6, 6.07) is 0. The molecule has 0 bridgehead atoms. The van der Waals surface area contributed by atoms with Crippen molar-refractivity contribution in [3.63, 3.8) is 0 Å². The van der Waals surface area contributed by atoms with Crippen molar-refractivity contribution >= 4 is 5.97 Å². The van der Waals surface area contributed by atoms with Crippen LogP contribution in [-0.2, 0) is 9.53 Å². The summed E-state index contributed by atoms with van der Waals surface area (Å²) >= 11 is 0. The molecule has 0 aliphatic heterocycles. The van der Waals surface area contributed by atoms with Gasteiger partial charge < -0.3 is 10.5 Å². The summed E-state index contributed by atoms with van der Waals surface area (Å²) in [5, 5.41) is 0. The van der Waals surface area contributed by atoms with Gasteiger partial charge in [-0.3, -0.25) is 9.69 Å². The molecule has 0 spiro atoms. The summed E-state index contributed by atoms with van der Waals surface area (Å²) in [4.78, 5) is 12.4. The van der Waals surface area contributed by atoms with E-state index in [-0.39, 0.29) is 19.5 Å². The van der Waals surface area contributed by atoms with E-state index >= 15 is 0 Å². The zero-order valence-electron chi connectivity index (χ0n) is 10.3. The fraction of sp³-hybridized carbons (Fsp3) is 0.900. The molecule has 0 saturated carbocycles. The molecule has 1 unspecified atom stereocenters. The second-order valence-corrected chi connectivity index (χ2v) is 4.14. The van der Waals surface area contributed by atoms with Crippen LogP contribution in [0.4, 0.5) is 13.2 Å². The number of esters is 1. The average Bonchev–Trinajstić information content (AvgIpc) is 2.21. The lowest BCUT2D eigenvalue weighted by atomic mass is 9.99. The molecule has 0 heterocycles. The molecule has 17 heavy (non-hydrogen) atoms. The highest BCUT2D eigenvalue weighted by Gasteiger charge is 2.33. The SMILES string of the molecule is CCN(CCC(C)(N)C(=O)OC)CC(F)(F)F. The van der Waals surface area contributed by atoms with E-state index in [4.69, 9.17) is 5.73 Å². The highest BCUT2D eigenvalue weighted by atomic mass is 19.4. The fourth-order valence-electron chi connectivity index (χ4n) is 1.33. The first kappa shape index (κ1) is 16.2. The standard InChI is InChI=1S/C10H19F3N2O2/c1-4-15(7-10(11,12)13)6-5-9(2,14)8(16)17-3/h4-7,14H2,1-3H3. The number of methoxy groups -OCH3 is 1. The minimum absolute atomic E-state index is 0.0953. The van der Waals surface area contributed by atoms with E-state index in [1.807, 2.05) is 0 Å².